The molecular weight excluding hydrogens is 213 g/mol. The number of rotatable bonds is 3. The molecule has 0 saturated heterocycles. The number of nitrogens with one attached hydrogen (secondary N) is 1. The van der Waals surface area contributed by atoms with E-state index in [2.05, 4.69) is 14.7 Å². The van der Waals surface area contributed by atoms with Crippen LogP contribution in [0.1, 0.15) is 11.7 Å². The summed E-state index contributed by atoms with van der Waals surface area (Å²) in [6.07, 6.45) is -2.20. The summed E-state index contributed by atoms with van der Waals surface area (Å²) in [5, 5.41) is 0. The van der Waals surface area contributed by atoms with Gasteiger partial charge in [-0.25, -0.2) is 10.4 Å². The van der Waals surface area contributed by atoms with Crippen molar-refractivity contribution >= 4 is 0 Å². The Morgan fingerprint density at radius 3 is 2.47 bits per heavy atom. The third-order valence-corrected chi connectivity index (χ3v) is 1.65. The van der Waals surface area contributed by atoms with Crippen LogP contribution in [0.15, 0.2) is 12.4 Å². The maximum Gasteiger partial charge on any atom is 0.410 e. The van der Waals surface area contributed by atoms with Crippen molar-refractivity contribution in [1.82, 2.24) is 15.4 Å². The zero-order valence-corrected chi connectivity index (χ0v) is 7.75. The molecule has 0 saturated carbocycles. The van der Waals surface area contributed by atoms with Crippen LogP contribution in [0.4, 0.5) is 13.2 Å². The van der Waals surface area contributed by atoms with Crippen molar-refractivity contribution in [2.75, 3.05) is 7.11 Å². The Morgan fingerprint density at radius 2 is 2.00 bits per heavy atom. The summed E-state index contributed by atoms with van der Waals surface area (Å²) in [4.78, 5) is 7.14. The number of nitrogens with two attached hydrogens (primary N) is 1. The molecule has 1 aromatic rings. The molecule has 1 unspecified atom stereocenters. The summed E-state index contributed by atoms with van der Waals surface area (Å²) >= 11 is 0. The quantitative estimate of drug-likeness (QED) is 0.577. The molecule has 84 valence electrons. The van der Waals surface area contributed by atoms with E-state index in [1.165, 1.54) is 13.3 Å². The first-order chi connectivity index (χ1) is 7.00. The van der Waals surface area contributed by atoms with Gasteiger partial charge in [0.1, 0.15) is 5.69 Å². The van der Waals surface area contributed by atoms with Crippen LogP contribution in [-0.4, -0.2) is 23.3 Å². The lowest BCUT2D eigenvalue weighted by molar-refractivity contribution is -0.159. The molecule has 3 N–H and O–H groups in total. The molecule has 5 nitrogen and oxygen atoms in total. The Bertz CT molecular complexity index is 330. The first kappa shape index (κ1) is 11.7. The highest BCUT2D eigenvalue weighted by atomic mass is 19.4. The van der Waals surface area contributed by atoms with Crippen molar-refractivity contribution in [3.05, 3.63) is 18.1 Å². The van der Waals surface area contributed by atoms with Crippen LogP contribution in [0.3, 0.4) is 0 Å². The summed E-state index contributed by atoms with van der Waals surface area (Å²) < 4.78 is 42.0. The molecule has 1 atom stereocenters. The Kier molecular flexibility index (Phi) is 3.43. The van der Waals surface area contributed by atoms with Crippen LogP contribution in [0.2, 0.25) is 0 Å². The minimum Gasteiger partial charge on any atom is -0.480 e. The van der Waals surface area contributed by atoms with Crippen molar-refractivity contribution in [3.63, 3.8) is 0 Å². The minimum absolute atomic E-state index is 0.210. The van der Waals surface area contributed by atoms with Gasteiger partial charge in [0.05, 0.1) is 7.11 Å². The Morgan fingerprint density at radius 1 is 1.40 bits per heavy atom. The van der Waals surface area contributed by atoms with Crippen LogP contribution in [0.25, 0.3) is 0 Å². The van der Waals surface area contributed by atoms with E-state index < -0.39 is 17.9 Å². The van der Waals surface area contributed by atoms with E-state index in [-0.39, 0.29) is 5.88 Å². The van der Waals surface area contributed by atoms with Gasteiger partial charge in [-0.2, -0.15) is 13.2 Å². The standard InChI is InChI=1S/C7H9F3N4O/c1-15-6-4(12-2-3-13-6)5(14-11)7(8,9)10/h2-3,5,14H,11H2,1H3. The van der Waals surface area contributed by atoms with E-state index in [0.29, 0.717) is 0 Å². The topological polar surface area (TPSA) is 73.1 Å². The normalized spacial score (nSPS) is 13.7. The first-order valence-corrected chi connectivity index (χ1v) is 3.88. The lowest BCUT2D eigenvalue weighted by atomic mass is 10.2. The van der Waals surface area contributed by atoms with Gasteiger partial charge in [-0.15, -0.1) is 0 Å². The van der Waals surface area contributed by atoms with Crippen LogP contribution >= 0.6 is 0 Å². The van der Waals surface area contributed by atoms with E-state index in [1.807, 2.05) is 0 Å². The van der Waals surface area contributed by atoms with Gasteiger partial charge in [-0.3, -0.25) is 10.8 Å². The van der Waals surface area contributed by atoms with Crippen LogP contribution in [-0.2, 0) is 0 Å². The molecule has 0 aliphatic carbocycles. The van der Waals surface area contributed by atoms with Gasteiger partial charge >= 0.3 is 6.18 Å². The fourth-order valence-electron chi connectivity index (χ4n) is 1.02. The molecule has 8 heteroatoms. The molecule has 1 heterocycles. The predicted octanol–water partition coefficient (Wildman–Crippen LogP) is 0.552. The maximum absolute atomic E-state index is 12.5. The van der Waals surface area contributed by atoms with Gasteiger partial charge in [-0.05, 0) is 0 Å². The highest BCUT2D eigenvalue weighted by Crippen LogP contribution is 2.33. The zero-order chi connectivity index (χ0) is 11.5. The maximum atomic E-state index is 12.5. The fraction of sp³-hybridized carbons (Fsp3) is 0.429. The van der Waals surface area contributed by atoms with E-state index in [4.69, 9.17) is 5.84 Å². The lowest BCUT2D eigenvalue weighted by Gasteiger charge is -2.19. The Labute approximate surface area is 83.4 Å². The van der Waals surface area contributed by atoms with Gasteiger partial charge in [0, 0.05) is 12.4 Å². The number of nitrogens with zero attached hydrogens (tertiary/aromatic N) is 2. The molecule has 1 aromatic heterocycles. The summed E-state index contributed by atoms with van der Waals surface area (Å²) in [5.41, 5.74) is 1.23. The molecule has 0 radical (unpaired) electrons. The first-order valence-electron chi connectivity index (χ1n) is 3.88. The molecule has 15 heavy (non-hydrogen) atoms. The number of ether oxygens (including phenoxy) is 1. The van der Waals surface area contributed by atoms with Gasteiger partial charge in [0.15, 0.2) is 6.04 Å². The third kappa shape index (κ3) is 2.54. The minimum atomic E-state index is -4.56. The third-order valence-electron chi connectivity index (χ3n) is 1.65. The highest BCUT2D eigenvalue weighted by molar-refractivity contribution is 5.22. The van der Waals surface area contributed by atoms with Crippen molar-refractivity contribution in [3.8, 4) is 5.88 Å². The lowest BCUT2D eigenvalue weighted by Crippen LogP contribution is -2.39. The monoisotopic (exact) mass is 222 g/mol. The zero-order valence-electron chi connectivity index (χ0n) is 7.75. The molecule has 0 fully saturated rings. The fourth-order valence-corrected chi connectivity index (χ4v) is 1.02. The highest BCUT2D eigenvalue weighted by Gasteiger charge is 2.43. The number of aromatic nitrogens is 2. The molecule has 0 spiro atoms. The smallest absolute Gasteiger partial charge is 0.410 e. The second kappa shape index (κ2) is 4.41. The summed E-state index contributed by atoms with van der Waals surface area (Å²) in [6, 6.07) is -2.10. The van der Waals surface area contributed by atoms with E-state index in [0.717, 1.165) is 6.20 Å². The molecule has 0 amide bonds. The predicted molar refractivity (Wildman–Crippen MR) is 44.7 cm³/mol. The van der Waals surface area contributed by atoms with Crippen molar-refractivity contribution in [2.24, 2.45) is 5.84 Å². The van der Waals surface area contributed by atoms with E-state index in [1.54, 1.807) is 5.43 Å². The van der Waals surface area contributed by atoms with E-state index in [9.17, 15) is 13.2 Å². The summed E-state index contributed by atoms with van der Waals surface area (Å²) in [5.74, 6) is 4.61. The average Bonchev–Trinajstić information content (AvgIpc) is 2.17. The number of halogens is 3. The molecule has 1 rings (SSSR count). The van der Waals surface area contributed by atoms with Crippen molar-refractivity contribution in [2.45, 2.75) is 12.2 Å². The number of hydrogen-bond donors (Lipinski definition) is 2. The summed E-state index contributed by atoms with van der Waals surface area (Å²) in [6.45, 7) is 0. The molecule has 0 aliphatic heterocycles. The van der Waals surface area contributed by atoms with Gasteiger partial charge in [-0.1, -0.05) is 0 Å². The number of alkyl halides is 3. The van der Waals surface area contributed by atoms with Crippen molar-refractivity contribution in [1.29, 1.82) is 0 Å². The number of hydrogen-bond acceptors (Lipinski definition) is 5. The van der Waals surface area contributed by atoms with Crippen LogP contribution in [0.5, 0.6) is 5.88 Å². The van der Waals surface area contributed by atoms with Gasteiger partial charge < -0.3 is 4.74 Å². The molecule has 0 bridgehead atoms. The summed E-state index contributed by atoms with van der Waals surface area (Å²) in [7, 11) is 1.21. The molecule has 0 aromatic carbocycles. The van der Waals surface area contributed by atoms with Crippen LogP contribution < -0.4 is 16.0 Å². The number of methoxy groups -OCH3 is 1. The van der Waals surface area contributed by atoms with Crippen molar-refractivity contribution < 1.29 is 17.9 Å². The van der Waals surface area contributed by atoms with Gasteiger partial charge in [0.25, 0.3) is 0 Å². The van der Waals surface area contributed by atoms with Gasteiger partial charge in [0.2, 0.25) is 5.88 Å². The van der Waals surface area contributed by atoms with Crippen LogP contribution in [0, 0.1) is 0 Å². The molecular formula is C7H9F3N4O. The second-order valence-electron chi connectivity index (χ2n) is 2.59. The second-order valence-corrected chi connectivity index (χ2v) is 2.59. The largest absolute Gasteiger partial charge is 0.480 e. The Balaban J connectivity index is 3.12. The average molecular weight is 222 g/mol. The molecule has 0 aliphatic rings. The number of hydrazine groups is 1. The van der Waals surface area contributed by atoms with E-state index >= 15 is 0 Å². The SMILES string of the molecule is COc1nccnc1C(NN)C(F)(F)F. The Hall–Kier alpha value is -1.41.